The second-order valence-electron chi connectivity index (χ2n) is 4.83. The molecule has 0 aromatic heterocycles. The highest BCUT2D eigenvalue weighted by Crippen LogP contribution is 2.34. The van der Waals surface area contributed by atoms with Crippen LogP contribution in [0.2, 0.25) is 0 Å². The van der Waals surface area contributed by atoms with Crippen LogP contribution in [0.15, 0.2) is 48.5 Å². The summed E-state index contributed by atoms with van der Waals surface area (Å²) in [4.78, 5) is 10.1. The quantitative estimate of drug-likeness (QED) is 0.612. The SMILES string of the molecule is O=[N+]([O-])c1ccc(NS(=O)(=O)CC(F)(F)F)c(Oc2ccccc2)c1. The molecule has 0 fully saturated rings. The lowest BCUT2D eigenvalue weighted by atomic mass is 10.2. The van der Waals surface area contributed by atoms with E-state index in [2.05, 4.69) is 0 Å². The molecule has 0 aliphatic carbocycles. The zero-order valence-corrected chi connectivity index (χ0v) is 13.2. The molecule has 2 aromatic rings. The second kappa shape index (κ2) is 6.97. The molecular weight excluding hydrogens is 365 g/mol. The van der Waals surface area contributed by atoms with Crippen LogP contribution in [-0.4, -0.2) is 25.3 Å². The summed E-state index contributed by atoms with van der Waals surface area (Å²) in [5, 5.41) is 10.9. The molecule has 2 rings (SSSR count). The normalized spacial score (nSPS) is 11.8. The van der Waals surface area contributed by atoms with E-state index in [1.807, 2.05) is 0 Å². The van der Waals surface area contributed by atoms with Gasteiger partial charge in [-0.25, -0.2) is 8.42 Å². The Morgan fingerprint density at radius 3 is 2.32 bits per heavy atom. The van der Waals surface area contributed by atoms with Gasteiger partial charge in [-0.05, 0) is 18.2 Å². The van der Waals surface area contributed by atoms with Gasteiger partial charge in [0.2, 0.25) is 10.0 Å². The third-order valence-electron chi connectivity index (χ3n) is 2.77. The second-order valence-corrected chi connectivity index (χ2v) is 6.55. The molecular formula is C14H11F3N2O5S. The highest BCUT2D eigenvalue weighted by atomic mass is 32.2. The van der Waals surface area contributed by atoms with Crippen LogP contribution in [-0.2, 0) is 10.0 Å². The summed E-state index contributed by atoms with van der Waals surface area (Å²) in [5.41, 5.74) is -0.761. The molecule has 0 saturated carbocycles. The number of hydrogen-bond donors (Lipinski definition) is 1. The summed E-state index contributed by atoms with van der Waals surface area (Å²) >= 11 is 0. The first kappa shape index (κ1) is 18.5. The van der Waals surface area contributed by atoms with Crippen molar-refractivity contribution < 1.29 is 31.2 Å². The number of nitrogens with zero attached hydrogens (tertiary/aromatic N) is 1. The van der Waals surface area contributed by atoms with Crippen LogP contribution in [0.25, 0.3) is 0 Å². The van der Waals surface area contributed by atoms with Crippen molar-refractivity contribution in [2.24, 2.45) is 0 Å². The van der Waals surface area contributed by atoms with Gasteiger partial charge >= 0.3 is 6.18 Å². The Kier molecular flexibility index (Phi) is 5.16. The van der Waals surface area contributed by atoms with Crippen molar-refractivity contribution in [3.63, 3.8) is 0 Å². The average Bonchev–Trinajstić information content (AvgIpc) is 2.47. The molecule has 25 heavy (non-hydrogen) atoms. The van der Waals surface area contributed by atoms with Gasteiger partial charge in [-0.15, -0.1) is 0 Å². The van der Waals surface area contributed by atoms with E-state index in [9.17, 15) is 31.7 Å². The highest BCUT2D eigenvalue weighted by Gasteiger charge is 2.35. The highest BCUT2D eigenvalue weighted by molar-refractivity contribution is 7.92. The Hall–Kier alpha value is -2.82. The number of nitrogens with one attached hydrogen (secondary N) is 1. The topological polar surface area (TPSA) is 98.5 Å². The Labute approximate surface area is 140 Å². The standard InChI is InChI=1S/C14H11F3N2O5S/c15-14(16,17)9-25(22,23)18-12-7-6-10(19(20)21)8-13(12)24-11-4-2-1-3-5-11/h1-8,18H,9H2. The summed E-state index contributed by atoms with van der Waals surface area (Å²) in [6.07, 6.45) is -4.94. The van der Waals surface area contributed by atoms with E-state index in [-0.39, 0.29) is 17.2 Å². The number of para-hydroxylation sites is 1. The molecule has 7 nitrogen and oxygen atoms in total. The maximum absolute atomic E-state index is 12.3. The smallest absolute Gasteiger partial charge is 0.404 e. The first-order valence-corrected chi connectivity index (χ1v) is 8.29. The molecule has 0 aliphatic rings. The number of rotatable bonds is 6. The molecule has 0 atom stereocenters. The summed E-state index contributed by atoms with van der Waals surface area (Å²) in [7, 11) is -4.77. The van der Waals surface area contributed by atoms with Gasteiger partial charge in [-0.3, -0.25) is 14.8 Å². The van der Waals surface area contributed by atoms with Gasteiger partial charge in [-0.1, -0.05) is 18.2 Å². The van der Waals surface area contributed by atoms with Crippen molar-refractivity contribution in [1.82, 2.24) is 0 Å². The molecule has 2 aromatic carbocycles. The van der Waals surface area contributed by atoms with Crippen LogP contribution in [0.4, 0.5) is 24.5 Å². The van der Waals surface area contributed by atoms with Crippen LogP contribution >= 0.6 is 0 Å². The molecule has 0 bridgehead atoms. The Morgan fingerprint density at radius 2 is 1.76 bits per heavy atom. The van der Waals surface area contributed by atoms with E-state index in [1.54, 1.807) is 22.9 Å². The maximum atomic E-state index is 12.3. The number of halogens is 3. The number of non-ortho nitro benzene ring substituents is 1. The fourth-order valence-corrected chi connectivity index (χ4v) is 2.83. The largest absolute Gasteiger partial charge is 0.455 e. The van der Waals surface area contributed by atoms with Crippen LogP contribution in [0, 0.1) is 10.1 Å². The van der Waals surface area contributed by atoms with Crippen LogP contribution in [0.3, 0.4) is 0 Å². The fraction of sp³-hybridized carbons (Fsp3) is 0.143. The molecule has 0 unspecified atom stereocenters. The molecule has 134 valence electrons. The first-order chi connectivity index (χ1) is 11.6. The third-order valence-corrected chi connectivity index (χ3v) is 4.00. The van der Waals surface area contributed by atoms with Crippen LogP contribution in [0.1, 0.15) is 0 Å². The van der Waals surface area contributed by atoms with Crippen molar-refractivity contribution in [3.8, 4) is 11.5 Å². The predicted molar refractivity (Wildman–Crippen MR) is 83.1 cm³/mol. The molecule has 0 aliphatic heterocycles. The predicted octanol–water partition coefficient (Wildman–Crippen LogP) is 3.69. The average molecular weight is 376 g/mol. The fourth-order valence-electron chi connectivity index (χ4n) is 1.83. The molecule has 0 amide bonds. The number of alkyl halides is 3. The number of benzene rings is 2. The number of sulfonamides is 1. The van der Waals surface area contributed by atoms with Gasteiger partial charge in [0.25, 0.3) is 5.69 Å². The van der Waals surface area contributed by atoms with Crippen molar-refractivity contribution in [3.05, 3.63) is 58.6 Å². The molecule has 1 N–H and O–H groups in total. The van der Waals surface area contributed by atoms with E-state index in [4.69, 9.17) is 4.74 Å². The lowest BCUT2D eigenvalue weighted by molar-refractivity contribution is -0.384. The van der Waals surface area contributed by atoms with E-state index >= 15 is 0 Å². The summed E-state index contributed by atoms with van der Waals surface area (Å²) in [6, 6.07) is 10.7. The maximum Gasteiger partial charge on any atom is 0.404 e. The van der Waals surface area contributed by atoms with E-state index in [0.717, 1.165) is 18.2 Å². The van der Waals surface area contributed by atoms with Crippen LogP contribution in [0.5, 0.6) is 11.5 Å². The van der Waals surface area contributed by atoms with Crippen molar-refractivity contribution >= 4 is 21.4 Å². The Balaban J connectivity index is 2.38. The van der Waals surface area contributed by atoms with Crippen molar-refractivity contribution in [2.75, 3.05) is 10.5 Å². The molecule has 11 heteroatoms. The van der Waals surface area contributed by atoms with Gasteiger partial charge in [0.15, 0.2) is 11.5 Å². The zero-order chi connectivity index (χ0) is 18.7. The van der Waals surface area contributed by atoms with Gasteiger partial charge in [-0.2, -0.15) is 13.2 Å². The van der Waals surface area contributed by atoms with Gasteiger partial charge in [0.1, 0.15) is 5.75 Å². The Bertz CT molecular complexity index is 870. The summed E-state index contributed by atoms with van der Waals surface area (Å²) < 4.78 is 67.3. The number of ether oxygens (including phenoxy) is 1. The number of nitro groups is 1. The minimum absolute atomic E-state index is 0.222. The minimum Gasteiger partial charge on any atom is -0.455 e. The van der Waals surface area contributed by atoms with E-state index < -0.39 is 32.6 Å². The van der Waals surface area contributed by atoms with Crippen molar-refractivity contribution in [2.45, 2.75) is 6.18 Å². The van der Waals surface area contributed by atoms with Gasteiger partial charge in [0, 0.05) is 6.07 Å². The van der Waals surface area contributed by atoms with E-state index in [1.165, 1.54) is 12.1 Å². The van der Waals surface area contributed by atoms with Gasteiger partial charge < -0.3 is 4.74 Å². The zero-order valence-electron chi connectivity index (χ0n) is 12.4. The minimum atomic E-state index is -4.94. The van der Waals surface area contributed by atoms with Crippen molar-refractivity contribution in [1.29, 1.82) is 0 Å². The summed E-state index contributed by atoms with van der Waals surface area (Å²) in [6.45, 7) is 0. The number of nitro benzene ring substituents is 1. The lowest BCUT2D eigenvalue weighted by Crippen LogP contribution is -2.28. The molecule has 0 spiro atoms. The molecule has 0 heterocycles. The molecule has 0 radical (unpaired) electrons. The molecule has 0 saturated heterocycles. The van der Waals surface area contributed by atoms with Gasteiger partial charge in [0.05, 0.1) is 16.7 Å². The number of hydrogen-bond acceptors (Lipinski definition) is 5. The third kappa shape index (κ3) is 5.64. The lowest BCUT2D eigenvalue weighted by Gasteiger charge is -2.14. The van der Waals surface area contributed by atoms with Crippen LogP contribution < -0.4 is 9.46 Å². The first-order valence-electron chi connectivity index (χ1n) is 6.64. The Morgan fingerprint density at radius 1 is 1.12 bits per heavy atom. The summed E-state index contributed by atoms with van der Waals surface area (Å²) in [5.74, 6) is -2.17. The monoisotopic (exact) mass is 376 g/mol. The number of anilines is 1. The van der Waals surface area contributed by atoms with E-state index in [0.29, 0.717) is 0 Å².